The van der Waals surface area contributed by atoms with Gasteiger partial charge in [-0.25, -0.2) is 0 Å². The van der Waals surface area contributed by atoms with Gasteiger partial charge in [-0.05, 0) is 103 Å². The predicted octanol–water partition coefficient (Wildman–Crippen LogP) is 4.66. The maximum atomic E-state index is 12.6. The summed E-state index contributed by atoms with van der Waals surface area (Å²) in [7, 11) is -0.646. The Kier molecular flexibility index (Phi) is 6.83. The van der Waals surface area contributed by atoms with Gasteiger partial charge in [0.05, 0.1) is 16.6 Å². The summed E-state index contributed by atoms with van der Waals surface area (Å²) >= 11 is 0. The molecule has 0 aromatic heterocycles. The molecule has 0 bridgehead atoms. The Morgan fingerprint density at radius 3 is 2.31 bits per heavy atom. The minimum absolute atomic E-state index is 0.201. The molecule has 32 heavy (non-hydrogen) atoms. The molecule has 0 spiro atoms. The highest BCUT2D eigenvalue weighted by molar-refractivity contribution is 6.62. The minimum Gasteiger partial charge on any atom is -0.457 e. The Balaban J connectivity index is 2.06. The highest BCUT2D eigenvalue weighted by Crippen LogP contribution is 2.40. The lowest BCUT2D eigenvalue weighted by Crippen LogP contribution is -2.41. The van der Waals surface area contributed by atoms with Crippen molar-refractivity contribution >= 4 is 24.5 Å². The second-order valence-corrected chi connectivity index (χ2v) is 10.9. The van der Waals surface area contributed by atoms with Crippen molar-refractivity contribution in [3.05, 3.63) is 23.3 Å². The zero-order chi connectivity index (χ0) is 23.9. The van der Waals surface area contributed by atoms with Gasteiger partial charge in [0.15, 0.2) is 0 Å². The van der Waals surface area contributed by atoms with E-state index in [1.54, 1.807) is 0 Å². The maximum absolute atomic E-state index is 12.6. The molecule has 0 radical (unpaired) electrons. The van der Waals surface area contributed by atoms with Crippen molar-refractivity contribution in [3.8, 4) is 5.75 Å². The minimum atomic E-state index is -0.646. The van der Waals surface area contributed by atoms with Crippen molar-refractivity contribution in [1.82, 2.24) is 0 Å². The van der Waals surface area contributed by atoms with Crippen molar-refractivity contribution in [2.24, 2.45) is 5.41 Å². The third-order valence-corrected chi connectivity index (χ3v) is 6.56. The van der Waals surface area contributed by atoms with E-state index < -0.39 is 23.7 Å². The molecule has 1 unspecified atom stereocenters. The number of hydrogen-bond acceptors (Lipinski definition) is 6. The molecule has 1 atom stereocenters. The van der Waals surface area contributed by atoms with Gasteiger partial charge in [-0.2, -0.15) is 0 Å². The summed E-state index contributed by atoms with van der Waals surface area (Å²) < 4.78 is 24.3. The van der Waals surface area contributed by atoms with Crippen LogP contribution < -0.4 is 10.2 Å². The number of carbonyl (C=O) groups is 2. The van der Waals surface area contributed by atoms with Crippen LogP contribution in [0.4, 0.5) is 0 Å². The third-order valence-electron chi connectivity index (χ3n) is 6.56. The fourth-order valence-corrected chi connectivity index (χ4v) is 3.95. The van der Waals surface area contributed by atoms with Gasteiger partial charge in [-0.3, -0.25) is 9.59 Å². The molecule has 1 heterocycles. The SMILES string of the molecule is CCCC(=O)OC1CCCc2cc(OC(=O)C(C)(C)C)cc(B3OC(C)(C)C(C)(C)O3)c21. The topological polar surface area (TPSA) is 71.1 Å². The molecule has 1 fully saturated rings. The van der Waals surface area contributed by atoms with E-state index in [0.29, 0.717) is 12.2 Å². The highest BCUT2D eigenvalue weighted by Gasteiger charge is 2.53. The Morgan fingerprint density at radius 1 is 1.12 bits per heavy atom. The van der Waals surface area contributed by atoms with Crippen LogP contribution in [0.3, 0.4) is 0 Å². The molecule has 1 saturated heterocycles. The van der Waals surface area contributed by atoms with Crippen LogP contribution in [0.2, 0.25) is 0 Å². The molecule has 1 aromatic carbocycles. The molecule has 0 saturated carbocycles. The molecule has 1 aromatic rings. The lowest BCUT2D eigenvalue weighted by atomic mass is 9.70. The van der Waals surface area contributed by atoms with Crippen molar-refractivity contribution < 1.29 is 28.4 Å². The Hall–Kier alpha value is -1.86. The van der Waals surface area contributed by atoms with Gasteiger partial charge in [0.25, 0.3) is 0 Å². The second-order valence-electron chi connectivity index (χ2n) is 10.9. The monoisotopic (exact) mass is 444 g/mol. The Bertz CT molecular complexity index is 867. The number of hydrogen-bond donors (Lipinski definition) is 0. The molecular formula is C25H37BO6. The largest absolute Gasteiger partial charge is 0.495 e. The summed E-state index contributed by atoms with van der Waals surface area (Å²) in [6.45, 7) is 15.4. The Labute approximate surface area is 192 Å². The van der Waals surface area contributed by atoms with Gasteiger partial charge in [0.2, 0.25) is 0 Å². The van der Waals surface area contributed by atoms with Gasteiger partial charge < -0.3 is 18.8 Å². The molecule has 0 N–H and O–H groups in total. The second kappa shape index (κ2) is 8.83. The molecule has 6 nitrogen and oxygen atoms in total. The van der Waals surface area contributed by atoms with Crippen molar-refractivity contribution in [3.63, 3.8) is 0 Å². The van der Waals surface area contributed by atoms with Gasteiger partial charge in [-0.15, -0.1) is 0 Å². The van der Waals surface area contributed by atoms with Gasteiger partial charge >= 0.3 is 19.1 Å². The van der Waals surface area contributed by atoms with Crippen molar-refractivity contribution in [2.75, 3.05) is 0 Å². The summed E-state index contributed by atoms with van der Waals surface area (Å²) in [6, 6.07) is 3.71. The van der Waals surface area contributed by atoms with Gasteiger partial charge in [-0.1, -0.05) is 6.92 Å². The molecule has 176 valence electrons. The van der Waals surface area contributed by atoms with E-state index >= 15 is 0 Å². The van der Waals surface area contributed by atoms with Crippen LogP contribution in [0, 0.1) is 5.41 Å². The first-order valence-corrected chi connectivity index (χ1v) is 11.7. The van der Waals surface area contributed by atoms with Crippen molar-refractivity contribution in [1.29, 1.82) is 0 Å². The lowest BCUT2D eigenvalue weighted by molar-refractivity contribution is -0.150. The summed E-state index contributed by atoms with van der Waals surface area (Å²) in [4.78, 5) is 24.9. The van der Waals surface area contributed by atoms with E-state index in [2.05, 4.69) is 0 Å². The van der Waals surface area contributed by atoms with Crippen molar-refractivity contribution in [2.45, 2.75) is 105 Å². The van der Waals surface area contributed by atoms with Crippen LogP contribution in [-0.2, 0) is 30.1 Å². The van der Waals surface area contributed by atoms with Crippen LogP contribution in [0.5, 0.6) is 5.75 Å². The van der Waals surface area contributed by atoms with E-state index in [-0.39, 0.29) is 18.0 Å². The number of esters is 2. The van der Waals surface area contributed by atoms with Gasteiger partial charge in [0.1, 0.15) is 11.9 Å². The first kappa shape index (κ1) is 24.8. The molecule has 1 aliphatic heterocycles. The zero-order valence-electron chi connectivity index (χ0n) is 20.8. The predicted molar refractivity (Wildman–Crippen MR) is 124 cm³/mol. The summed E-state index contributed by atoms with van der Waals surface area (Å²) in [5.41, 5.74) is 1.03. The Morgan fingerprint density at radius 2 is 1.75 bits per heavy atom. The van der Waals surface area contributed by atoms with Crippen LogP contribution in [0.15, 0.2) is 12.1 Å². The first-order valence-electron chi connectivity index (χ1n) is 11.7. The smallest absolute Gasteiger partial charge is 0.457 e. The number of benzene rings is 1. The first-order chi connectivity index (χ1) is 14.7. The molecule has 1 aliphatic carbocycles. The molecule has 7 heteroatoms. The van der Waals surface area contributed by atoms with E-state index in [0.717, 1.165) is 42.3 Å². The quantitative estimate of drug-likeness (QED) is 0.374. The fourth-order valence-electron chi connectivity index (χ4n) is 3.95. The van der Waals surface area contributed by atoms with E-state index in [1.165, 1.54) is 0 Å². The summed E-state index contributed by atoms with van der Waals surface area (Å²) in [5.74, 6) is -0.0403. The number of carbonyl (C=O) groups excluding carboxylic acids is 2. The molecule has 2 aliphatic rings. The lowest BCUT2D eigenvalue weighted by Gasteiger charge is -2.32. The normalized spacial score (nSPS) is 21.8. The summed E-state index contributed by atoms with van der Waals surface area (Å²) in [6.07, 6.45) is 3.21. The maximum Gasteiger partial charge on any atom is 0.495 e. The van der Waals surface area contributed by atoms with Crippen LogP contribution in [0.25, 0.3) is 0 Å². The molecular weight excluding hydrogens is 407 g/mol. The molecule has 3 rings (SSSR count). The number of fused-ring (bicyclic) bond motifs is 1. The van der Waals surface area contributed by atoms with E-state index in [4.69, 9.17) is 18.8 Å². The van der Waals surface area contributed by atoms with E-state index in [1.807, 2.05) is 67.5 Å². The number of ether oxygens (including phenoxy) is 2. The average molecular weight is 444 g/mol. The van der Waals surface area contributed by atoms with Crippen LogP contribution >= 0.6 is 0 Å². The van der Waals surface area contributed by atoms with E-state index in [9.17, 15) is 9.59 Å². The fraction of sp³-hybridized carbons (Fsp3) is 0.680. The van der Waals surface area contributed by atoms with Crippen LogP contribution in [-0.4, -0.2) is 30.3 Å². The highest BCUT2D eigenvalue weighted by atomic mass is 16.7. The summed E-state index contributed by atoms with van der Waals surface area (Å²) in [5, 5.41) is 0. The van der Waals surface area contributed by atoms with Crippen LogP contribution in [0.1, 0.15) is 98.3 Å². The third kappa shape index (κ3) is 5.04. The standard InChI is InChI=1S/C25H37BO6/c1-9-11-20(27)30-19-13-10-12-16-14-17(29-22(28)23(2,3)4)15-18(21(16)19)26-31-24(5,6)25(7,8)32-26/h14-15,19H,9-13H2,1-8H3. The number of rotatable bonds is 5. The zero-order valence-corrected chi connectivity index (χ0v) is 20.8. The van der Waals surface area contributed by atoms with Gasteiger partial charge in [0, 0.05) is 6.42 Å². The average Bonchev–Trinajstić information content (AvgIpc) is 2.88. The molecule has 0 amide bonds. The number of aryl methyl sites for hydroxylation is 1.